The van der Waals surface area contributed by atoms with Gasteiger partial charge in [0, 0.05) is 30.6 Å². The van der Waals surface area contributed by atoms with Crippen molar-refractivity contribution in [2.45, 2.75) is 44.4 Å². The smallest absolute Gasteiger partial charge is 0.138 e. The monoisotopic (exact) mass is 339 g/mol. The SMILES string of the molecule is C[C@@H](O)c1nc2cnc3ccccc3c2n1C1CCC(NCCN)C1. The Morgan fingerprint density at radius 2 is 2.16 bits per heavy atom. The summed E-state index contributed by atoms with van der Waals surface area (Å²) in [5, 5.41) is 14.9. The van der Waals surface area contributed by atoms with Crippen LogP contribution in [0.25, 0.3) is 21.9 Å². The number of rotatable bonds is 5. The minimum Gasteiger partial charge on any atom is -0.385 e. The van der Waals surface area contributed by atoms with Gasteiger partial charge in [-0.05, 0) is 32.3 Å². The van der Waals surface area contributed by atoms with Crippen LogP contribution >= 0.6 is 0 Å². The van der Waals surface area contributed by atoms with Crippen molar-refractivity contribution in [3.05, 3.63) is 36.3 Å². The third-order valence-corrected chi connectivity index (χ3v) is 5.17. The highest BCUT2D eigenvalue weighted by Gasteiger charge is 2.30. The van der Waals surface area contributed by atoms with Crippen LogP contribution in [0.1, 0.15) is 44.2 Å². The molecule has 2 aromatic heterocycles. The fraction of sp³-hybridized carbons (Fsp3) is 0.474. The number of hydrogen-bond donors (Lipinski definition) is 3. The van der Waals surface area contributed by atoms with Gasteiger partial charge in [-0.2, -0.15) is 0 Å². The van der Waals surface area contributed by atoms with Crippen LogP contribution in [0.15, 0.2) is 30.5 Å². The van der Waals surface area contributed by atoms with Crippen LogP contribution in [-0.4, -0.2) is 38.8 Å². The Balaban J connectivity index is 1.83. The van der Waals surface area contributed by atoms with Crippen molar-refractivity contribution >= 4 is 21.9 Å². The molecule has 3 atom stereocenters. The van der Waals surface area contributed by atoms with Crippen molar-refractivity contribution < 1.29 is 5.11 Å². The summed E-state index contributed by atoms with van der Waals surface area (Å²) in [7, 11) is 0. The molecule has 1 aliphatic rings. The van der Waals surface area contributed by atoms with E-state index in [-0.39, 0.29) is 0 Å². The van der Waals surface area contributed by atoms with Gasteiger partial charge in [0.25, 0.3) is 0 Å². The zero-order valence-corrected chi connectivity index (χ0v) is 14.5. The molecule has 4 N–H and O–H groups in total. The number of nitrogens with zero attached hydrogens (tertiary/aromatic N) is 3. The van der Waals surface area contributed by atoms with Crippen molar-refractivity contribution in [3.63, 3.8) is 0 Å². The van der Waals surface area contributed by atoms with Gasteiger partial charge in [-0.1, -0.05) is 18.2 Å². The molecule has 3 aromatic rings. The maximum Gasteiger partial charge on any atom is 0.138 e. The molecule has 0 radical (unpaired) electrons. The third-order valence-electron chi connectivity index (χ3n) is 5.17. The zero-order valence-electron chi connectivity index (χ0n) is 14.5. The summed E-state index contributed by atoms with van der Waals surface area (Å²) < 4.78 is 2.26. The lowest BCUT2D eigenvalue weighted by Gasteiger charge is -2.19. The molecule has 0 bridgehead atoms. The van der Waals surface area contributed by atoms with Crippen molar-refractivity contribution in [1.82, 2.24) is 19.9 Å². The molecular formula is C19H25N5O. The van der Waals surface area contributed by atoms with Gasteiger partial charge >= 0.3 is 0 Å². The molecule has 132 valence electrons. The van der Waals surface area contributed by atoms with Crippen LogP contribution in [0.5, 0.6) is 0 Å². The second-order valence-corrected chi connectivity index (χ2v) is 6.93. The minimum absolute atomic E-state index is 0.329. The molecule has 1 aromatic carbocycles. The summed E-state index contributed by atoms with van der Waals surface area (Å²) in [5.74, 6) is 0.734. The molecule has 1 fully saturated rings. The summed E-state index contributed by atoms with van der Waals surface area (Å²) in [4.78, 5) is 9.23. The lowest BCUT2D eigenvalue weighted by atomic mass is 10.1. The van der Waals surface area contributed by atoms with E-state index in [1.807, 2.05) is 24.4 Å². The van der Waals surface area contributed by atoms with E-state index in [2.05, 4.69) is 20.9 Å². The quantitative estimate of drug-likeness (QED) is 0.664. The number of benzene rings is 1. The van der Waals surface area contributed by atoms with Gasteiger partial charge in [0.05, 0.1) is 17.2 Å². The Morgan fingerprint density at radius 1 is 1.32 bits per heavy atom. The zero-order chi connectivity index (χ0) is 17.4. The van der Waals surface area contributed by atoms with Crippen LogP contribution in [0, 0.1) is 0 Å². The van der Waals surface area contributed by atoms with E-state index in [9.17, 15) is 5.11 Å². The van der Waals surface area contributed by atoms with Crippen molar-refractivity contribution in [2.75, 3.05) is 13.1 Å². The fourth-order valence-electron chi connectivity index (χ4n) is 4.07. The van der Waals surface area contributed by atoms with Gasteiger partial charge in [-0.15, -0.1) is 0 Å². The predicted molar refractivity (Wildman–Crippen MR) is 99.4 cm³/mol. The second-order valence-electron chi connectivity index (χ2n) is 6.93. The van der Waals surface area contributed by atoms with Gasteiger partial charge in [0.15, 0.2) is 0 Å². The topological polar surface area (TPSA) is 89.0 Å². The van der Waals surface area contributed by atoms with E-state index < -0.39 is 6.10 Å². The summed E-state index contributed by atoms with van der Waals surface area (Å²) in [6.45, 7) is 3.29. The van der Waals surface area contributed by atoms with Gasteiger partial charge in [-0.3, -0.25) is 4.98 Å². The van der Waals surface area contributed by atoms with Crippen LogP contribution in [0.4, 0.5) is 0 Å². The maximum absolute atomic E-state index is 10.3. The molecule has 6 nitrogen and oxygen atoms in total. The van der Waals surface area contributed by atoms with Crippen LogP contribution < -0.4 is 11.1 Å². The number of aromatic nitrogens is 3. The second kappa shape index (κ2) is 6.71. The predicted octanol–water partition coefficient (Wildman–Crippen LogP) is 2.28. The number of nitrogens with two attached hydrogens (primary N) is 1. The number of hydrogen-bond acceptors (Lipinski definition) is 5. The highest BCUT2D eigenvalue weighted by atomic mass is 16.3. The number of nitrogens with one attached hydrogen (secondary N) is 1. The molecule has 1 saturated carbocycles. The Hall–Kier alpha value is -2.02. The maximum atomic E-state index is 10.3. The molecule has 25 heavy (non-hydrogen) atoms. The molecule has 1 aliphatic carbocycles. The van der Waals surface area contributed by atoms with E-state index in [0.29, 0.717) is 18.6 Å². The average molecular weight is 339 g/mol. The van der Waals surface area contributed by atoms with Crippen LogP contribution in [0.3, 0.4) is 0 Å². The first-order valence-corrected chi connectivity index (χ1v) is 9.06. The molecule has 0 spiro atoms. The van der Waals surface area contributed by atoms with Gasteiger partial charge < -0.3 is 20.7 Å². The first-order chi connectivity index (χ1) is 12.2. The first kappa shape index (κ1) is 16.4. The highest BCUT2D eigenvalue weighted by molar-refractivity contribution is 6.02. The van der Waals surface area contributed by atoms with E-state index in [1.54, 1.807) is 6.92 Å². The van der Waals surface area contributed by atoms with E-state index in [1.165, 1.54) is 0 Å². The van der Waals surface area contributed by atoms with E-state index >= 15 is 0 Å². The highest BCUT2D eigenvalue weighted by Crippen LogP contribution is 2.37. The van der Waals surface area contributed by atoms with Crippen LogP contribution in [0.2, 0.25) is 0 Å². The van der Waals surface area contributed by atoms with Crippen molar-refractivity contribution in [2.24, 2.45) is 5.73 Å². The van der Waals surface area contributed by atoms with E-state index in [4.69, 9.17) is 10.7 Å². The molecule has 0 aliphatic heterocycles. The Bertz CT molecular complexity index is 888. The lowest BCUT2D eigenvalue weighted by molar-refractivity contribution is 0.181. The number of fused-ring (bicyclic) bond motifs is 3. The molecular weight excluding hydrogens is 314 g/mol. The number of para-hydroxylation sites is 1. The largest absolute Gasteiger partial charge is 0.385 e. The van der Waals surface area contributed by atoms with Gasteiger partial charge in [-0.25, -0.2) is 4.98 Å². The number of aliphatic hydroxyl groups excluding tert-OH is 1. The lowest BCUT2D eigenvalue weighted by Crippen LogP contribution is -2.31. The number of imidazole rings is 1. The summed E-state index contributed by atoms with van der Waals surface area (Å²) in [6, 6.07) is 8.95. The molecule has 2 unspecified atom stereocenters. The molecule has 4 rings (SSSR count). The van der Waals surface area contributed by atoms with E-state index in [0.717, 1.165) is 53.6 Å². The number of aliphatic hydroxyl groups is 1. The molecule has 6 heteroatoms. The Morgan fingerprint density at radius 3 is 2.96 bits per heavy atom. The molecule has 0 saturated heterocycles. The summed E-state index contributed by atoms with van der Waals surface area (Å²) in [6.07, 6.45) is 4.43. The fourth-order valence-corrected chi connectivity index (χ4v) is 4.07. The first-order valence-electron chi connectivity index (χ1n) is 9.06. The third kappa shape index (κ3) is 2.90. The average Bonchev–Trinajstić information content (AvgIpc) is 3.24. The molecule has 2 heterocycles. The number of pyridine rings is 1. The normalized spacial score (nSPS) is 22.0. The Labute approximate surface area is 147 Å². The molecule has 0 amide bonds. The Kier molecular flexibility index (Phi) is 4.41. The summed E-state index contributed by atoms with van der Waals surface area (Å²) >= 11 is 0. The van der Waals surface area contributed by atoms with Gasteiger partial charge in [0.1, 0.15) is 17.4 Å². The van der Waals surface area contributed by atoms with Crippen molar-refractivity contribution in [3.8, 4) is 0 Å². The van der Waals surface area contributed by atoms with Crippen LogP contribution in [-0.2, 0) is 0 Å². The van der Waals surface area contributed by atoms with Gasteiger partial charge in [0.2, 0.25) is 0 Å². The minimum atomic E-state index is -0.609. The van der Waals surface area contributed by atoms with Crippen molar-refractivity contribution in [1.29, 1.82) is 0 Å². The summed E-state index contributed by atoms with van der Waals surface area (Å²) in [5.41, 5.74) is 8.52. The standard InChI is InChI=1S/C19H25N5O/c1-12(25)19-23-17-11-22-16-5-3-2-4-15(16)18(17)24(19)14-7-6-13(10-14)21-9-8-20/h2-5,11-14,21,25H,6-10,20H2,1H3/t12-,13?,14?/m1/s1.